The molecule has 0 saturated heterocycles. The molecule has 3 aromatic rings. The van der Waals surface area contributed by atoms with E-state index < -0.39 is 35.9 Å². The summed E-state index contributed by atoms with van der Waals surface area (Å²) in [6, 6.07) is 15.1. The highest BCUT2D eigenvalue weighted by atomic mass is 19.4. The molecule has 1 heterocycles. The second-order valence-corrected chi connectivity index (χ2v) is 9.00. The van der Waals surface area contributed by atoms with Gasteiger partial charge in [-0.3, -0.25) is 9.79 Å². The van der Waals surface area contributed by atoms with E-state index in [1.54, 1.807) is 24.3 Å². The minimum Gasteiger partial charge on any atom is -0.465 e. The molecule has 0 bridgehead atoms. The molecule has 3 aromatic carbocycles. The number of ether oxygens (including phenoxy) is 2. The van der Waals surface area contributed by atoms with E-state index in [-0.39, 0.29) is 30.1 Å². The van der Waals surface area contributed by atoms with Gasteiger partial charge in [0.05, 0.1) is 24.1 Å². The summed E-state index contributed by atoms with van der Waals surface area (Å²) in [6.45, 7) is 5.73. The Bertz CT molecular complexity index is 1330. The molecular weight excluding hydrogens is 505 g/mol. The van der Waals surface area contributed by atoms with Gasteiger partial charge in [0.15, 0.2) is 0 Å². The summed E-state index contributed by atoms with van der Waals surface area (Å²) in [4.78, 5) is 17.5. The van der Waals surface area contributed by atoms with Crippen LogP contribution in [0.4, 0.5) is 22.0 Å². The number of halogens is 5. The lowest BCUT2D eigenvalue weighted by molar-refractivity contribution is -0.274. The zero-order valence-electron chi connectivity index (χ0n) is 20.4. The van der Waals surface area contributed by atoms with Gasteiger partial charge in [-0.2, -0.15) is 0 Å². The molecule has 0 spiro atoms. The van der Waals surface area contributed by atoms with Crippen molar-refractivity contribution in [2.75, 3.05) is 6.61 Å². The van der Waals surface area contributed by atoms with Crippen LogP contribution in [-0.4, -0.2) is 24.7 Å². The second-order valence-electron chi connectivity index (χ2n) is 9.00. The first-order valence-electron chi connectivity index (χ1n) is 11.8. The lowest BCUT2D eigenvalue weighted by Crippen LogP contribution is -2.22. The molecule has 2 atom stereocenters. The highest BCUT2D eigenvalue weighted by Gasteiger charge is 2.39. The van der Waals surface area contributed by atoms with Crippen LogP contribution in [0.25, 0.3) is 11.1 Å². The maximum Gasteiger partial charge on any atom is 0.573 e. The Morgan fingerprint density at radius 1 is 0.974 bits per heavy atom. The maximum atomic E-state index is 14.5. The molecule has 1 aliphatic heterocycles. The van der Waals surface area contributed by atoms with Gasteiger partial charge in [0, 0.05) is 18.6 Å². The Morgan fingerprint density at radius 2 is 1.55 bits per heavy atom. The summed E-state index contributed by atoms with van der Waals surface area (Å²) in [6.07, 6.45) is -4.30. The number of aliphatic imine (C=N–C) groups is 1. The van der Waals surface area contributed by atoms with Crippen LogP contribution in [0.3, 0.4) is 0 Å². The van der Waals surface area contributed by atoms with Crippen LogP contribution in [0, 0.1) is 17.6 Å². The fourth-order valence-electron chi connectivity index (χ4n) is 4.24. The standard InChI is InChI=1S/C29H24F5NO3/c1-17(2)14-15-37-28(36)22-16-25(26-23(30)4-3-5-24(26)31)35-27(22)20-8-6-18(7-9-20)19-10-12-21(13-11-19)38-29(32,33)34/h3-13,22,27H,1,14-16H2,2H3. The summed E-state index contributed by atoms with van der Waals surface area (Å²) in [7, 11) is 0. The number of alkyl halides is 3. The molecule has 9 heteroatoms. The van der Waals surface area contributed by atoms with Gasteiger partial charge >= 0.3 is 12.3 Å². The summed E-state index contributed by atoms with van der Waals surface area (Å²) in [5.41, 5.74) is 2.68. The fraction of sp³-hybridized carbons (Fsp3) is 0.241. The van der Waals surface area contributed by atoms with Gasteiger partial charge in [-0.1, -0.05) is 48.0 Å². The van der Waals surface area contributed by atoms with Crippen molar-refractivity contribution in [3.05, 3.63) is 102 Å². The minimum atomic E-state index is -4.78. The van der Waals surface area contributed by atoms with Crippen molar-refractivity contribution in [3.63, 3.8) is 0 Å². The Balaban J connectivity index is 1.60. The molecule has 0 aromatic heterocycles. The predicted octanol–water partition coefficient (Wildman–Crippen LogP) is 7.59. The molecule has 4 nitrogen and oxygen atoms in total. The molecule has 1 aliphatic rings. The van der Waals surface area contributed by atoms with Crippen molar-refractivity contribution in [2.45, 2.75) is 32.2 Å². The van der Waals surface area contributed by atoms with E-state index in [0.29, 0.717) is 23.1 Å². The maximum absolute atomic E-state index is 14.5. The zero-order valence-corrected chi connectivity index (χ0v) is 20.4. The average Bonchev–Trinajstić information content (AvgIpc) is 3.28. The van der Waals surface area contributed by atoms with E-state index in [1.165, 1.54) is 30.3 Å². The van der Waals surface area contributed by atoms with Crippen molar-refractivity contribution in [2.24, 2.45) is 10.9 Å². The number of hydrogen-bond donors (Lipinski definition) is 0. The van der Waals surface area contributed by atoms with Crippen molar-refractivity contribution in [1.82, 2.24) is 0 Å². The quantitative estimate of drug-likeness (QED) is 0.172. The van der Waals surface area contributed by atoms with E-state index in [1.807, 2.05) is 6.92 Å². The van der Waals surface area contributed by atoms with E-state index >= 15 is 0 Å². The monoisotopic (exact) mass is 529 g/mol. The second kappa shape index (κ2) is 11.2. The molecule has 0 amide bonds. The third kappa shape index (κ3) is 6.45. The van der Waals surface area contributed by atoms with Gasteiger partial charge in [0.2, 0.25) is 0 Å². The summed E-state index contributed by atoms with van der Waals surface area (Å²) < 4.78 is 75.6. The van der Waals surface area contributed by atoms with Gasteiger partial charge in [0.25, 0.3) is 0 Å². The van der Waals surface area contributed by atoms with Gasteiger partial charge in [-0.15, -0.1) is 19.8 Å². The van der Waals surface area contributed by atoms with Gasteiger partial charge in [0.1, 0.15) is 17.4 Å². The lowest BCUT2D eigenvalue weighted by Gasteiger charge is -2.18. The van der Waals surface area contributed by atoms with Crippen molar-refractivity contribution < 1.29 is 36.2 Å². The topological polar surface area (TPSA) is 47.9 Å². The largest absolute Gasteiger partial charge is 0.573 e. The molecular formula is C29H24F5NO3. The molecule has 38 heavy (non-hydrogen) atoms. The van der Waals surface area contributed by atoms with Gasteiger partial charge in [-0.25, -0.2) is 8.78 Å². The number of rotatable bonds is 8. The first-order chi connectivity index (χ1) is 18.0. The third-order valence-electron chi connectivity index (χ3n) is 6.09. The van der Waals surface area contributed by atoms with Gasteiger partial charge < -0.3 is 9.47 Å². The van der Waals surface area contributed by atoms with Crippen LogP contribution in [0.15, 0.2) is 83.9 Å². The number of esters is 1. The predicted molar refractivity (Wildman–Crippen MR) is 133 cm³/mol. The molecule has 2 unspecified atom stereocenters. The molecule has 0 N–H and O–H groups in total. The van der Waals surface area contributed by atoms with E-state index in [9.17, 15) is 26.7 Å². The number of carbonyl (C=O) groups excluding carboxylic acids is 1. The van der Waals surface area contributed by atoms with Gasteiger partial charge in [-0.05, 0) is 47.9 Å². The first kappa shape index (κ1) is 27.0. The molecule has 198 valence electrons. The molecule has 0 saturated carbocycles. The zero-order chi connectivity index (χ0) is 27.4. The van der Waals surface area contributed by atoms with E-state index in [4.69, 9.17) is 4.74 Å². The van der Waals surface area contributed by atoms with E-state index in [2.05, 4.69) is 16.3 Å². The van der Waals surface area contributed by atoms with Crippen LogP contribution in [0.1, 0.15) is 36.9 Å². The number of hydrogen-bond acceptors (Lipinski definition) is 4. The van der Waals surface area contributed by atoms with Crippen LogP contribution in [-0.2, 0) is 9.53 Å². The molecule has 0 radical (unpaired) electrons. The van der Waals surface area contributed by atoms with Crippen molar-refractivity contribution in [1.29, 1.82) is 0 Å². The van der Waals surface area contributed by atoms with Crippen LogP contribution in [0.2, 0.25) is 0 Å². The molecule has 0 fully saturated rings. The van der Waals surface area contributed by atoms with Crippen molar-refractivity contribution in [3.8, 4) is 16.9 Å². The highest BCUT2D eigenvalue weighted by molar-refractivity contribution is 6.04. The SMILES string of the molecule is C=C(C)CCOC(=O)C1CC(c2c(F)cccc2F)=NC1c1ccc(-c2ccc(OC(F)(F)F)cc2)cc1. The fourth-order valence-corrected chi connectivity index (χ4v) is 4.24. The average molecular weight is 530 g/mol. The lowest BCUT2D eigenvalue weighted by atomic mass is 9.90. The summed E-state index contributed by atoms with van der Waals surface area (Å²) in [5, 5.41) is 0. The first-order valence-corrected chi connectivity index (χ1v) is 11.8. The van der Waals surface area contributed by atoms with Crippen LogP contribution >= 0.6 is 0 Å². The number of benzene rings is 3. The minimum absolute atomic E-state index is 0.00313. The Kier molecular flexibility index (Phi) is 7.94. The molecule has 0 aliphatic carbocycles. The smallest absolute Gasteiger partial charge is 0.465 e. The normalized spacial score (nSPS) is 17.2. The highest BCUT2D eigenvalue weighted by Crippen LogP contribution is 2.39. The Hall–Kier alpha value is -4.01. The Labute approximate surface area is 216 Å². The summed E-state index contributed by atoms with van der Waals surface area (Å²) >= 11 is 0. The van der Waals surface area contributed by atoms with E-state index in [0.717, 1.165) is 17.7 Å². The van der Waals surface area contributed by atoms with Crippen LogP contribution in [0.5, 0.6) is 5.75 Å². The summed E-state index contributed by atoms with van der Waals surface area (Å²) in [5.74, 6) is -3.20. The number of carbonyl (C=O) groups is 1. The van der Waals surface area contributed by atoms with Crippen molar-refractivity contribution >= 4 is 11.7 Å². The molecule has 4 rings (SSSR count). The number of nitrogens with zero attached hydrogens (tertiary/aromatic N) is 1. The Morgan fingerprint density at radius 3 is 2.11 bits per heavy atom. The third-order valence-corrected chi connectivity index (χ3v) is 6.09. The van der Waals surface area contributed by atoms with Crippen LogP contribution < -0.4 is 4.74 Å².